The third-order valence-corrected chi connectivity index (χ3v) is 3.59. The maximum absolute atomic E-state index is 9.34. The number of aliphatic hydroxyl groups excluding tert-OH is 1. The summed E-state index contributed by atoms with van der Waals surface area (Å²) in [6.45, 7) is 8.02. The zero-order valence-corrected chi connectivity index (χ0v) is 11.1. The Labute approximate surface area is 101 Å². The highest BCUT2D eigenvalue weighted by atomic mass is 32.2. The fraction of sp³-hybridized carbons (Fsp3) is 0.818. The molecule has 0 aliphatic carbocycles. The Morgan fingerprint density at radius 1 is 1.31 bits per heavy atom. The van der Waals surface area contributed by atoms with Gasteiger partial charge < -0.3 is 9.63 Å². The van der Waals surface area contributed by atoms with Crippen LogP contribution in [-0.4, -0.2) is 26.6 Å². The normalized spacial score (nSPS) is 15.4. The summed E-state index contributed by atoms with van der Waals surface area (Å²) in [5.74, 6) is 2.63. The molecule has 0 saturated heterocycles. The van der Waals surface area contributed by atoms with Crippen molar-refractivity contribution in [1.29, 1.82) is 0 Å². The summed E-state index contributed by atoms with van der Waals surface area (Å²) < 4.78 is 5.13. The van der Waals surface area contributed by atoms with Crippen LogP contribution >= 0.6 is 11.8 Å². The number of rotatable bonds is 6. The van der Waals surface area contributed by atoms with Crippen molar-refractivity contribution in [1.82, 2.24) is 10.1 Å². The summed E-state index contributed by atoms with van der Waals surface area (Å²) in [5, 5.41) is 13.4. The second kappa shape index (κ2) is 6.25. The fourth-order valence-corrected chi connectivity index (χ4v) is 1.93. The van der Waals surface area contributed by atoms with Crippen LogP contribution in [0.4, 0.5) is 0 Å². The number of aromatic nitrogens is 2. The topological polar surface area (TPSA) is 59.2 Å². The first-order valence-electron chi connectivity index (χ1n) is 5.60. The largest absolute Gasteiger partial charge is 0.392 e. The van der Waals surface area contributed by atoms with Crippen LogP contribution in [0.1, 0.15) is 39.4 Å². The van der Waals surface area contributed by atoms with Crippen molar-refractivity contribution in [3.05, 3.63) is 11.7 Å². The van der Waals surface area contributed by atoms with Crippen LogP contribution in [-0.2, 0) is 12.2 Å². The highest BCUT2D eigenvalue weighted by Gasteiger charge is 2.12. The quantitative estimate of drug-likeness (QED) is 0.832. The second-order valence-electron chi connectivity index (χ2n) is 4.46. The smallest absolute Gasteiger partial charge is 0.226 e. The van der Waals surface area contributed by atoms with Gasteiger partial charge in [-0.1, -0.05) is 25.9 Å². The molecule has 0 spiro atoms. The number of thioether (sulfide) groups is 1. The molecule has 0 bridgehead atoms. The van der Waals surface area contributed by atoms with E-state index in [1.54, 1.807) is 18.7 Å². The van der Waals surface area contributed by atoms with Gasteiger partial charge in [-0.15, -0.1) is 11.8 Å². The van der Waals surface area contributed by atoms with E-state index in [2.05, 4.69) is 24.0 Å². The Kier molecular flexibility index (Phi) is 5.28. The zero-order valence-electron chi connectivity index (χ0n) is 10.3. The third-order valence-electron chi connectivity index (χ3n) is 2.25. The summed E-state index contributed by atoms with van der Waals surface area (Å²) in [6, 6.07) is 0. The molecular weight excluding hydrogens is 224 g/mol. The number of aliphatic hydroxyl groups is 1. The van der Waals surface area contributed by atoms with Crippen LogP contribution in [0.2, 0.25) is 0 Å². The van der Waals surface area contributed by atoms with Gasteiger partial charge in [0.15, 0.2) is 5.82 Å². The van der Waals surface area contributed by atoms with Crippen molar-refractivity contribution in [2.45, 2.75) is 51.2 Å². The van der Waals surface area contributed by atoms with Crippen molar-refractivity contribution in [2.24, 2.45) is 5.92 Å². The molecule has 5 heteroatoms. The Balaban J connectivity index is 2.40. The van der Waals surface area contributed by atoms with Gasteiger partial charge in [-0.05, 0) is 12.8 Å². The van der Waals surface area contributed by atoms with E-state index >= 15 is 0 Å². The molecular formula is C11H20N2O2S. The van der Waals surface area contributed by atoms with Crippen molar-refractivity contribution in [3.8, 4) is 0 Å². The van der Waals surface area contributed by atoms with Crippen molar-refractivity contribution < 1.29 is 9.63 Å². The molecule has 0 amide bonds. The predicted molar refractivity (Wildman–Crippen MR) is 65.3 cm³/mol. The van der Waals surface area contributed by atoms with E-state index in [-0.39, 0.29) is 11.4 Å². The first kappa shape index (κ1) is 13.5. The summed E-state index contributed by atoms with van der Waals surface area (Å²) in [7, 11) is 0. The fourth-order valence-electron chi connectivity index (χ4n) is 1.13. The molecule has 1 aromatic rings. The Morgan fingerprint density at radius 2 is 2.00 bits per heavy atom. The second-order valence-corrected chi connectivity index (χ2v) is 5.82. The van der Waals surface area contributed by atoms with Crippen molar-refractivity contribution in [2.75, 3.05) is 0 Å². The molecule has 1 N–H and O–H groups in total. The first-order valence-corrected chi connectivity index (χ1v) is 6.65. The Morgan fingerprint density at radius 3 is 2.56 bits per heavy atom. The van der Waals surface area contributed by atoms with Crippen molar-refractivity contribution >= 4 is 11.8 Å². The van der Waals surface area contributed by atoms with E-state index in [0.29, 0.717) is 23.4 Å². The molecule has 0 radical (unpaired) electrons. The molecule has 2 unspecified atom stereocenters. The molecule has 1 aromatic heterocycles. The Hall–Kier alpha value is -0.550. The van der Waals surface area contributed by atoms with E-state index in [1.165, 1.54) is 0 Å². The lowest BCUT2D eigenvalue weighted by atomic mass is 10.1. The van der Waals surface area contributed by atoms with E-state index in [4.69, 9.17) is 4.52 Å². The molecule has 16 heavy (non-hydrogen) atoms. The summed E-state index contributed by atoms with van der Waals surface area (Å²) >= 11 is 1.63. The summed E-state index contributed by atoms with van der Waals surface area (Å²) in [4.78, 5) is 4.30. The molecule has 0 aromatic carbocycles. The van der Waals surface area contributed by atoms with Gasteiger partial charge in [0.05, 0.1) is 11.9 Å². The lowest BCUT2D eigenvalue weighted by molar-refractivity contribution is 0.196. The van der Waals surface area contributed by atoms with E-state index < -0.39 is 0 Å². The van der Waals surface area contributed by atoms with Crippen LogP contribution in [0, 0.1) is 5.92 Å². The van der Waals surface area contributed by atoms with Crippen LogP contribution in [0.3, 0.4) is 0 Å². The highest BCUT2D eigenvalue weighted by Crippen LogP contribution is 2.18. The van der Waals surface area contributed by atoms with E-state index in [0.717, 1.165) is 6.42 Å². The van der Waals surface area contributed by atoms with E-state index in [9.17, 15) is 5.11 Å². The maximum Gasteiger partial charge on any atom is 0.226 e. The van der Waals surface area contributed by atoms with Gasteiger partial charge in [-0.25, -0.2) is 0 Å². The molecule has 2 atom stereocenters. The predicted octanol–water partition coefficient (Wildman–Crippen LogP) is 2.27. The molecule has 0 aliphatic heterocycles. The first-order chi connectivity index (χ1) is 7.49. The van der Waals surface area contributed by atoms with Crippen LogP contribution in [0.5, 0.6) is 0 Å². The molecule has 0 fully saturated rings. The van der Waals surface area contributed by atoms with E-state index in [1.807, 2.05) is 6.92 Å². The number of hydrogen-bond acceptors (Lipinski definition) is 5. The monoisotopic (exact) mass is 244 g/mol. The molecule has 1 heterocycles. The van der Waals surface area contributed by atoms with Gasteiger partial charge in [0.2, 0.25) is 5.89 Å². The van der Waals surface area contributed by atoms with Gasteiger partial charge in [-0.2, -0.15) is 4.98 Å². The summed E-state index contributed by atoms with van der Waals surface area (Å²) in [6.07, 6.45) is 0.510. The van der Waals surface area contributed by atoms with Gasteiger partial charge in [-0.3, -0.25) is 0 Å². The standard InChI is InChI=1S/C11H20N2O2S/c1-7(2)5-11-12-10(13-15-11)6-16-9(4)8(3)14/h7-9,14H,5-6H2,1-4H3. The molecule has 0 aliphatic rings. The van der Waals surface area contributed by atoms with Gasteiger partial charge in [0.1, 0.15) is 0 Å². The highest BCUT2D eigenvalue weighted by molar-refractivity contribution is 7.99. The maximum atomic E-state index is 9.34. The summed E-state index contributed by atoms with van der Waals surface area (Å²) in [5.41, 5.74) is 0. The minimum absolute atomic E-state index is 0.187. The van der Waals surface area contributed by atoms with Crippen molar-refractivity contribution in [3.63, 3.8) is 0 Å². The van der Waals surface area contributed by atoms with Gasteiger partial charge in [0.25, 0.3) is 0 Å². The molecule has 4 nitrogen and oxygen atoms in total. The SMILES string of the molecule is CC(C)Cc1nc(CSC(C)C(C)O)no1. The molecule has 92 valence electrons. The third kappa shape index (κ3) is 4.53. The molecule has 0 saturated carbocycles. The Bertz CT molecular complexity index is 313. The minimum atomic E-state index is -0.313. The van der Waals surface area contributed by atoms with Crippen LogP contribution in [0.25, 0.3) is 0 Å². The van der Waals surface area contributed by atoms with Gasteiger partial charge >= 0.3 is 0 Å². The number of hydrogen-bond donors (Lipinski definition) is 1. The minimum Gasteiger partial charge on any atom is -0.392 e. The lowest BCUT2D eigenvalue weighted by Gasteiger charge is -2.11. The number of nitrogens with zero attached hydrogens (tertiary/aromatic N) is 2. The average Bonchev–Trinajstić information content (AvgIpc) is 2.60. The zero-order chi connectivity index (χ0) is 12.1. The van der Waals surface area contributed by atoms with Crippen LogP contribution in [0.15, 0.2) is 4.52 Å². The lowest BCUT2D eigenvalue weighted by Crippen LogP contribution is -2.15. The molecule has 1 rings (SSSR count). The van der Waals surface area contributed by atoms with Gasteiger partial charge in [0, 0.05) is 11.7 Å². The average molecular weight is 244 g/mol. The van der Waals surface area contributed by atoms with Crippen LogP contribution < -0.4 is 0 Å².